The molecule has 1 N–H and O–H groups in total. The summed E-state index contributed by atoms with van der Waals surface area (Å²) in [7, 11) is 0. The molecule has 0 atom stereocenters. The predicted molar refractivity (Wildman–Crippen MR) is 126 cm³/mol. The summed E-state index contributed by atoms with van der Waals surface area (Å²) in [6, 6.07) is 16.4. The maximum absolute atomic E-state index is 12.0. The standard InChI is InChI=1S/C24H25N5O5/c1-2-33-24(30)17-12-14-28(15-13-17)23-21(29(31)32)22(25-16-26-23)27-18-8-10-20(11-9-18)34-19-6-4-3-5-7-19/h3-11,16-17H,2,12-15H2,1H3,(H,25,26,27). The highest BCUT2D eigenvalue weighted by molar-refractivity contribution is 5.76. The molecule has 10 heteroatoms. The molecule has 1 fully saturated rings. The van der Waals surface area contributed by atoms with Gasteiger partial charge in [0.2, 0.25) is 11.6 Å². The SMILES string of the molecule is CCOC(=O)C1CCN(c2ncnc(Nc3ccc(Oc4ccccc4)cc3)c2[N+](=O)[O-])CC1. The largest absolute Gasteiger partial charge is 0.466 e. The predicted octanol–water partition coefficient (Wildman–Crippen LogP) is 4.70. The van der Waals surface area contributed by atoms with E-state index in [2.05, 4.69) is 15.3 Å². The van der Waals surface area contributed by atoms with Gasteiger partial charge in [-0.25, -0.2) is 9.97 Å². The van der Waals surface area contributed by atoms with Gasteiger partial charge >= 0.3 is 11.7 Å². The van der Waals surface area contributed by atoms with Crippen LogP contribution in [0.4, 0.5) is 23.0 Å². The van der Waals surface area contributed by atoms with Crippen LogP contribution >= 0.6 is 0 Å². The van der Waals surface area contributed by atoms with Crippen molar-refractivity contribution in [1.82, 2.24) is 9.97 Å². The van der Waals surface area contributed by atoms with Crippen LogP contribution < -0.4 is 15.0 Å². The van der Waals surface area contributed by atoms with E-state index in [0.29, 0.717) is 49.7 Å². The zero-order valence-electron chi connectivity index (χ0n) is 18.7. The maximum Gasteiger partial charge on any atom is 0.353 e. The summed E-state index contributed by atoms with van der Waals surface area (Å²) in [6.45, 7) is 3.04. The van der Waals surface area contributed by atoms with Crippen LogP contribution in [0.3, 0.4) is 0 Å². The van der Waals surface area contributed by atoms with Crippen LogP contribution in [-0.4, -0.2) is 40.6 Å². The number of hydrogen-bond acceptors (Lipinski definition) is 9. The van der Waals surface area contributed by atoms with Crippen molar-refractivity contribution < 1.29 is 19.2 Å². The minimum Gasteiger partial charge on any atom is -0.466 e. The van der Waals surface area contributed by atoms with E-state index in [9.17, 15) is 14.9 Å². The molecular weight excluding hydrogens is 438 g/mol. The smallest absolute Gasteiger partial charge is 0.353 e. The normalized spacial score (nSPS) is 13.9. The van der Waals surface area contributed by atoms with Gasteiger partial charge in [0.1, 0.15) is 17.8 Å². The Kier molecular flexibility index (Phi) is 7.16. The van der Waals surface area contributed by atoms with Crippen molar-refractivity contribution in [2.75, 3.05) is 29.9 Å². The first-order valence-electron chi connectivity index (χ1n) is 11.1. The topological polar surface area (TPSA) is 120 Å². The molecule has 1 aliphatic heterocycles. The minimum atomic E-state index is -0.484. The van der Waals surface area contributed by atoms with Crippen LogP contribution in [0, 0.1) is 16.0 Å². The van der Waals surface area contributed by atoms with Crippen LogP contribution in [0.1, 0.15) is 19.8 Å². The first kappa shape index (κ1) is 23.0. The molecule has 0 unspecified atom stereocenters. The molecule has 0 radical (unpaired) electrons. The number of ether oxygens (including phenoxy) is 2. The average molecular weight is 463 g/mol. The second-order valence-corrected chi connectivity index (χ2v) is 7.73. The highest BCUT2D eigenvalue weighted by atomic mass is 16.6. The Morgan fingerprint density at radius 2 is 1.76 bits per heavy atom. The maximum atomic E-state index is 12.0. The molecule has 1 aliphatic rings. The second kappa shape index (κ2) is 10.6. The molecule has 3 aromatic rings. The lowest BCUT2D eigenvalue weighted by Gasteiger charge is -2.31. The van der Waals surface area contributed by atoms with Crippen molar-refractivity contribution in [2.45, 2.75) is 19.8 Å². The average Bonchev–Trinajstić information content (AvgIpc) is 2.86. The molecule has 10 nitrogen and oxygen atoms in total. The van der Waals surface area contributed by atoms with Crippen molar-refractivity contribution in [2.24, 2.45) is 5.92 Å². The summed E-state index contributed by atoms with van der Waals surface area (Å²) in [6.07, 6.45) is 2.40. The number of carbonyl (C=O) groups is 1. The number of esters is 1. The van der Waals surface area contributed by atoms with Gasteiger partial charge in [-0.1, -0.05) is 18.2 Å². The molecule has 34 heavy (non-hydrogen) atoms. The van der Waals surface area contributed by atoms with Crippen molar-refractivity contribution in [3.05, 3.63) is 71.0 Å². The molecule has 0 aliphatic carbocycles. The zero-order valence-corrected chi connectivity index (χ0v) is 18.7. The van der Waals surface area contributed by atoms with E-state index in [-0.39, 0.29) is 29.2 Å². The van der Waals surface area contributed by atoms with Gasteiger partial charge < -0.3 is 19.7 Å². The van der Waals surface area contributed by atoms with Gasteiger partial charge in [-0.05, 0) is 56.2 Å². The van der Waals surface area contributed by atoms with E-state index in [1.165, 1.54) is 6.33 Å². The summed E-state index contributed by atoms with van der Waals surface area (Å²) in [5, 5.41) is 15.0. The fraction of sp³-hybridized carbons (Fsp3) is 0.292. The van der Waals surface area contributed by atoms with Crippen LogP contribution in [0.2, 0.25) is 0 Å². The van der Waals surface area contributed by atoms with Crippen molar-refractivity contribution in [1.29, 1.82) is 0 Å². The number of aromatic nitrogens is 2. The number of anilines is 3. The fourth-order valence-corrected chi connectivity index (χ4v) is 3.82. The van der Waals surface area contributed by atoms with E-state index < -0.39 is 4.92 Å². The molecule has 2 heterocycles. The van der Waals surface area contributed by atoms with E-state index in [4.69, 9.17) is 9.47 Å². The van der Waals surface area contributed by atoms with Crippen LogP contribution in [0.15, 0.2) is 60.9 Å². The Hall–Kier alpha value is -4.21. The Balaban J connectivity index is 1.48. The number of nitrogens with zero attached hydrogens (tertiary/aromatic N) is 4. The highest BCUT2D eigenvalue weighted by Gasteiger charge is 2.32. The number of benzene rings is 2. The summed E-state index contributed by atoms with van der Waals surface area (Å²) in [4.78, 5) is 33.6. The highest BCUT2D eigenvalue weighted by Crippen LogP contribution is 2.36. The summed E-state index contributed by atoms with van der Waals surface area (Å²) in [5.41, 5.74) is 0.413. The Bertz CT molecular complexity index is 1130. The van der Waals surface area contributed by atoms with Gasteiger partial charge in [0.25, 0.3) is 0 Å². The summed E-state index contributed by atoms with van der Waals surface area (Å²) >= 11 is 0. The van der Waals surface area contributed by atoms with Crippen LogP contribution in [-0.2, 0) is 9.53 Å². The van der Waals surface area contributed by atoms with Gasteiger partial charge in [0, 0.05) is 18.8 Å². The van der Waals surface area contributed by atoms with Crippen molar-refractivity contribution in [3.63, 3.8) is 0 Å². The van der Waals surface area contributed by atoms with Crippen molar-refractivity contribution >= 4 is 29.0 Å². The number of rotatable bonds is 8. The lowest BCUT2D eigenvalue weighted by Crippen LogP contribution is -2.37. The van der Waals surface area contributed by atoms with E-state index in [0.717, 1.165) is 0 Å². The third kappa shape index (κ3) is 5.40. The molecular formula is C24H25N5O5. The second-order valence-electron chi connectivity index (χ2n) is 7.73. The van der Waals surface area contributed by atoms with E-state index in [1.807, 2.05) is 35.2 Å². The number of nitro groups is 1. The number of piperidine rings is 1. The Labute approximate surface area is 196 Å². The molecule has 0 saturated carbocycles. The fourth-order valence-electron chi connectivity index (χ4n) is 3.82. The number of para-hydroxylation sites is 1. The first-order chi connectivity index (χ1) is 16.5. The van der Waals surface area contributed by atoms with Gasteiger partial charge in [-0.3, -0.25) is 14.9 Å². The minimum absolute atomic E-state index is 0.0965. The third-order valence-electron chi connectivity index (χ3n) is 5.50. The van der Waals surface area contributed by atoms with Gasteiger partial charge in [-0.2, -0.15) is 0 Å². The molecule has 0 amide bonds. The first-order valence-corrected chi connectivity index (χ1v) is 11.1. The van der Waals surface area contributed by atoms with E-state index >= 15 is 0 Å². The molecule has 176 valence electrons. The molecule has 4 rings (SSSR count). The van der Waals surface area contributed by atoms with E-state index in [1.54, 1.807) is 31.2 Å². The van der Waals surface area contributed by atoms with Crippen LogP contribution in [0.25, 0.3) is 0 Å². The quantitative estimate of drug-likeness (QED) is 0.288. The molecule has 0 spiro atoms. The summed E-state index contributed by atoms with van der Waals surface area (Å²) in [5.74, 6) is 1.26. The third-order valence-corrected chi connectivity index (χ3v) is 5.50. The number of nitrogens with one attached hydrogen (secondary N) is 1. The van der Waals surface area contributed by atoms with Crippen molar-refractivity contribution in [3.8, 4) is 11.5 Å². The lowest BCUT2D eigenvalue weighted by atomic mass is 9.97. The van der Waals surface area contributed by atoms with Gasteiger partial charge in [-0.15, -0.1) is 0 Å². The zero-order chi connectivity index (χ0) is 23.9. The van der Waals surface area contributed by atoms with Gasteiger partial charge in [0.15, 0.2) is 0 Å². The summed E-state index contributed by atoms with van der Waals surface area (Å²) < 4.78 is 10.9. The lowest BCUT2D eigenvalue weighted by molar-refractivity contribution is -0.383. The van der Waals surface area contributed by atoms with Gasteiger partial charge in [0.05, 0.1) is 17.4 Å². The molecule has 0 bridgehead atoms. The Morgan fingerprint density at radius 3 is 2.41 bits per heavy atom. The number of carbonyl (C=O) groups excluding carboxylic acids is 1. The molecule has 2 aromatic carbocycles. The Morgan fingerprint density at radius 1 is 1.09 bits per heavy atom. The molecule has 1 aromatic heterocycles. The van der Waals surface area contributed by atoms with Crippen LogP contribution in [0.5, 0.6) is 11.5 Å². The molecule has 1 saturated heterocycles. The number of hydrogen-bond donors (Lipinski definition) is 1. The monoisotopic (exact) mass is 463 g/mol.